The lowest BCUT2D eigenvalue weighted by Crippen LogP contribution is -2.29. The summed E-state index contributed by atoms with van der Waals surface area (Å²) < 4.78 is 30.1. The van der Waals surface area contributed by atoms with Crippen molar-refractivity contribution in [2.45, 2.75) is 26.1 Å². The number of fused-ring (bicyclic) bond motifs is 2. The van der Waals surface area contributed by atoms with Crippen molar-refractivity contribution < 1.29 is 43.0 Å². The van der Waals surface area contributed by atoms with Crippen molar-refractivity contribution in [1.82, 2.24) is 15.2 Å². The molecule has 2 atom stereocenters. The average molecular weight is 531 g/mol. The van der Waals surface area contributed by atoms with Crippen molar-refractivity contribution in [2.75, 3.05) is 12.7 Å². The van der Waals surface area contributed by atoms with E-state index in [9.17, 15) is 33.3 Å². The van der Waals surface area contributed by atoms with Gasteiger partial charge in [-0.3, -0.25) is 23.7 Å². The summed E-state index contributed by atoms with van der Waals surface area (Å²) in [5, 5.41) is 22.5. The summed E-state index contributed by atoms with van der Waals surface area (Å²) in [5.41, 5.74) is 0.925. The number of phenols is 1. The number of nitrogens with zero attached hydrogens (tertiary/aromatic N) is 2. The van der Waals surface area contributed by atoms with E-state index in [-0.39, 0.29) is 53.0 Å². The van der Waals surface area contributed by atoms with E-state index < -0.39 is 43.5 Å². The molecule has 0 spiro atoms. The third-order valence-corrected chi connectivity index (χ3v) is 7.29. The van der Waals surface area contributed by atoms with E-state index in [2.05, 4.69) is 14.8 Å². The number of carbonyl (C=O) groups excluding carboxylic acids is 2. The summed E-state index contributed by atoms with van der Waals surface area (Å²) in [5.74, 6) is -3.42. The molecule has 0 bridgehead atoms. The topological polar surface area (TPSA) is 166 Å². The van der Waals surface area contributed by atoms with E-state index in [0.29, 0.717) is 5.56 Å². The van der Waals surface area contributed by atoms with Gasteiger partial charge in [0.05, 0.1) is 17.3 Å². The fourth-order valence-electron chi connectivity index (χ4n) is 4.10. The Labute approximate surface area is 210 Å². The van der Waals surface area contributed by atoms with Crippen molar-refractivity contribution in [3.05, 3.63) is 70.7 Å². The number of hydrogen-bond donors (Lipinski definition) is 4. The molecule has 2 aromatic carbocycles. The monoisotopic (exact) mass is 531 g/mol. The molecule has 0 saturated heterocycles. The zero-order valence-corrected chi connectivity index (χ0v) is 20.4. The normalized spacial score (nSPS) is 15.3. The van der Waals surface area contributed by atoms with Gasteiger partial charge in [-0.1, -0.05) is 18.2 Å². The lowest BCUT2D eigenvalue weighted by molar-refractivity contribution is -0.144. The van der Waals surface area contributed by atoms with Crippen LogP contribution in [-0.4, -0.2) is 61.6 Å². The van der Waals surface area contributed by atoms with Crippen LogP contribution < -0.4 is 5.32 Å². The van der Waals surface area contributed by atoms with Crippen LogP contribution in [0.2, 0.25) is 0 Å². The lowest BCUT2D eigenvalue weighted by Gasteiger charge is -2.17. The standard InChI is InChI=1S/C24H23FN3O8P/c1-13(24(32)33)36-37(34,35)10-9-27-22(30)18-16-3-2-8-26-20(16)21(29)19-17(18)12-28(23(19)31)11-14-4-6-15(25)7-5-14/h2-8,13,29H,9-12H2,1H3,(H,27,30)(H,32,33)(H,34,35). The van der Waals surface area contributed by atoms with Crippen LogP contribution in [0, 0.1) is 5.82 Å². The van der Waals surface area contributed by atoms with Crippen LogP contribution in [0.4, 0.5) is 4.39 Å². The van der Waals surface area contributed by atoms with Gasteiger partial charge in [0.25, 0.3) is 11.8 Å². The highest BCUT2D eigenvalue weighted by atomic mass is 31.2. The number of phenolic OH excluding ortho intramolecular Hbond substituents is 1. The number of nitrogens with one attached hydrogen (secondary N) is 1. The van der Waals surface area contributed by atoms with Gasteiger partial charge in [-0.25, -0.2) is 9.18 Å². The van der Waals surface area contributed by atoms with Crippen molar-refractivity contribution in [1.29, 1.82) is 0 Å². The molecule has 37 heavy (non-hydrogen) atoms. The fourth-order valence-corrected chi connectivity index (χ4v) is 5.18. The van der Waals surface area contributed by atoms with Crippen LogP contribution >= 0.6 is 7.60 Å². The molecule has 1 aromatic heterocycles. The van der Waals surface area contributed by atoms with Crippen LogP contribution in [0.1, 0.15) is 38.8 Å². The van der Waals surface area contributed by atoms with Gasteiger partial charge in [0.15, 0.2) is 11.9 Å². The summed E-state index contributed by atoms with van der Waals surface area (Å²) in [6, 6.07) is 8.69. The summed E-state index contributed by atoms with van der Waals surface area (Å²) in [6.07, 6.45) is -0.669. The van der Waals surface area contributed by atoms with E-state index in [0.717, 1.165) is 6.92 Å². The van der Waals surface area contributed by atoms with Crippen molar-refractivity contribution >= 4 is 36.3 Å². The number of pyridine rings is 1. The molecule has 0 aliphatic carbocycles. The first kappa shape index (κ1) is 26.2. The molecule has 0 saturated carbocycles. The van der Waals surface area contributed by atoms with E-state index in [1.807, 2.05) is 0 Å². The second-order valence-corrected chi connectivity index (χ2v) is 10.4. The molecule has 1 aliphatic rings. The zero-order valence-electron chi connectivity index (χ0n) is 19.5. The number of rotatable bonds is 9. The summed E-state index contributed by atoms with van der Waals surface area (Å²) in [7, 11) is -4.32. The Hall–Kier alpha value is -3.86. The Morgan fingerprint density at radius 3 is 2.65 bits per heavy atom. The molecule has 2 heterocycles. The van der Waals surface area contributed by atoms with Crippen LogP contribution in [0.25, 0.3) is 10.9 Å². The van der Waals surface area contributed by atoms with Gasteiger partial charge in [0.2, 0.25) is 0 Å². The highest BCUT2D eigenvalue weighted by Gasteiger charge is 2.36. The molecule has 4 N–H and O–H groups in total. The number of benzene rings is 2. The smallest absolute Gasteiger partial charge is 0.333 e. The predicted octanol–water partition coefficient (Wildman–Crippen LogP) is 2.64. The van der Waals surface area contributed by atoms with Crippen molar-refractivity contribution in [3.63, 3.8) is 0 Å². The van der Waals surface area contributed by atoms with Gasteiger partial charge in [0, 0.05) is 36.8 Å². The van der Waals surface area contributed by atoms with E-state index in [1.54, 1.807) is 12.1 Å². The van der Waals surface area contributed by atoms with Crippen LogP contribution in [0.15, 0.2) is 42.6 Å². The Morgan fingerprint density at radius 2 is 1.97 bits per heavy atom. The van der Waals surface area contributed by atoms with Crippen molar-refractivity contribution in [3.8, 4) is 5.75 Å². The first-order valence-corrected chi connectivity index (χ1v) is 12.9. The van der Waals surface area contributed by atoms with Gasteiger partial charge in [-0.2, -0.15) is 0 Å². The molecule has 0 fully saturated rings. The van der Waals surface area contributed by atoms with E-state index in [1.165, 1.54) is 35.4 Å². The highest BCUT2D eigenvalue weighted by molar-refractivity contribution is 7.52. The molecule has 13 heteroatoms. The minimum atomic E-state index is -4.32. The second-order valence-electron chi connectivity index (χ2n) is 8.47. The number of hydrogen-bond acceptors (Lipinski definition) is 7. The maximum Gasteiger partial charge on any atom is 0.333 e. The van der Waals surface area contributed by atoms with Gasteiger partial charge >= 0.3 is 13.6 Å². The molecule has 2 unspecified atom stereocenters. The molecule has 4 rings (SSSR count). The van der Waals surface area contributed by atoms with Crippen LogP contribution in [0.3, 0.4) is 0 Å². The minimum Gasteiger partial charge on any atom is -0.505 e. The number of carboxylic acids is 1. The number of aliphatic carboxylic acids is 1. The fraction of sp³-hybridized carbons (Fsp3) is 0.250. The molecular formula is C24H23FN3O8P. The van der Waals surface area contributed by atoms with Crippen LogP contribution in [0.5, 0.6) is 5.75 Å². The zero-order chi connectivity index (χ0) is 26.9. The SMILES string of the molecule is CC(OP(=O)(O)CCNC(=O)c1c2c(c(O)c3ncccc13)C(=O)N(Cc1ccc(F)cc1)C2)C(=O)O. The van der Waals surface area contributed by atoms with Gasteiger partial charge in [-0.15, -0.1) is 0 Å². The first-order chi connectivity index (χ1) is 17.5. The number of carboxylic acid groups (broad SMARTS) is 1. The molecule has 194 valence electrons. The third kappa shape index (κ3) is 5.46. The predicted molar refractivity (Wildman–Crippen MR) is 129 cm³/mol. The largest absolute Gasteiger partial charge is 0.505 e. The highest BCUT2D eigenvalue weighted by Crippen LogP contribution is 2.43. The first-order valence-electron chi connectivity index (χ1n) is 11.2. The summed E-state index contributed by atoms with van der Waals surface area (Å²) in [4.78, 5) is 52.8. The quantitative estimate of drug-likeness (QED) is 0.304. The average Bonchev–Trinajstić information content (AvgIpc) is 3.16. The molecular weight excluding hydrogens is 508 g/mol. The number of aromatic nitrogens is 1. The Kier molecular flexibility index (Phi) is 7.26. The molecule has 11 nitrogen and oxygen atoms in total. The van der Waals surface area contributed by atoms with Crippen molar-refractivity contribution in [2.24, 2.45) is 0 Å². The Morgan fingerprint density at radius 1 is 1.27 bits per heavy atom. The van der Waals surface area contributed by atoms with E-state index >= 15 is 0 Å². The number of carbonyl (C=O) groups is 3. The number of amides is 2. The van der Waals surface area contributed by atoms with Gasteiger partial charge in [0.1, 0.15) is 11.3 Å². The molecule has 3 aromatic rings. The summed E-state index contributed by atoms with van der Waals surface area (Å²) >= 11 is 0. The van der Waals surface area contributed by atoms with Crippen LogP contribution in [-0.2, 0) is 27.0 Å². The summed E-state index contributed by atoms with van der Waals surface area (Å²) in [6.45, 7) is 0.857. The molecule has 2 amide bonds. The Balaban J connectivity index is 1.61. The molecule has 0 radical (unpaired) electrons. The second kappa shape index (κ2) is 10.3. The maximum atomic E-state index is 13.3. The molecule has 1 aliphatic heterocycles. The minimum absolute atomic E-state index is 0.0234. The third-order valence-electron chi connectivity index (χ3n) is 5.86. The van der Waals surface area contributed by atoms with E-state index in [4.69, 9.17) is 5.11 Å². The number of aromatic hydroxyl groups is 1. The number of halogens is 1. The van der Waals surface area contributed by atoms with Gasteiger partial charge < -0.3 is 25.3 Å². The maximum absolute atomic E-state index is 13.3. The lowest BCUT2D eigenvalue weighted by atomic mass is 9.96. The Bertz CT molecular complexity index is 1450. The van der Waals surface area contributed by atoms with Gasteiger partial charge in [-0.05, 0) is 30.7 Å².